The fourth-order valence-electron chi connectivity index (χ4n) is 2.32. The van der Waals surface area contributed by atoms with E-state index in [2.05, 4.69) is 21.7 Å². The lowest BCUT2D eigenvalue weighted by atomic mass is 10.1. The van der Waals surface area contributed by atoms with E-state index >= 15 is 0 Å². The zero-order valence-corrected chi connectivity index (χ0v) is 13.8. The molecule has 0 spiro atoms. The summed E-state index contributed by atoms with van der Waals surface area (Å²) in [7, 11) is 0. The highest BCUT2D eigenvalue weighted by atomic mass is 19.1. The lowest BCUT2D eigenvalue weighted by Gasteiger charge is -2.04. The molecule has 0 radical (unpaired) electrons. The highest BCUT2D eigenvalue weighted by Crippen LogP contribution is 2.14. The van der Waals surface area contributed by atoms with Gasteiger partial charge in [0, 0.05) is 11.4 Å². The zero-order chi connectivity index (χ0) is 17.5. The van der Waals surface area contributed by atoms with E-state index in [-0.39, 0.29) is 6.54 Å². The van der Waals surface area contributed by atoms with Crippen LogP contribution in [0.1, 0.15) is 16.8 Å². The van der Waals surface area contributed by atoms with Gasteiger partial charge in [-0.1, -0.05) is 41.6 Å². The molecular formula is C19H20FN5. The monoisotopic (exact) mass is 337 g/mol. The number of nitrogens with two attached hydrogens (primary N) is 1. The Morgan fingerprint density at radius 2 is 1.64 bits per heavy atom. The number of benzene rings is 2. The smallest absolute Gasteiger partial charge is 0.109 e. The predicted octanol–water partition coefficient (Wildman–Crippen LogP) is 3.61. The Balaban J connectivity index is 1.55. The molecular weight excluding hydrogens is 317 g/mol. The topological polar surface area (TPSA) is 68.8 Å². The molecule has 0 amide bonds. The molecule has 128 valence electrons. The van der Waals surface area contributed by atoms with E-state index in [9.17, 15) is 4.39 Å². The van der Waals surface area contributed by atoms with Gasteiger partial charge in [0.15, 0.2) is 0 Å². The first-order valence-electron chi connectivity index (χ1n) is 8.05. The minimum absolute atomic E-state index is 0.238. The summed E-state index contributed by atoms with van der Waals surface area (Å²) in [6.07, 6.45) is 5.85. The van der Waals surface area contributed by atoms with Gasteiger partial charge in [0.05, 0.1) is 19.3 Å². The van der Waals surface area contributed by atoms with Gasteiger partial charge < -0.3 is 11.1 Å². The predicted molar refractivity (Wildman–Crippen MR) is 99.5 cm³/mol. The summed E-state index contributed by atoms with van der Waals surface area (Å²) in [6, 6.07) is 15.8. The van der Waals surface area contributed by atoms with Crippen LogP contribution in [0.3, 0.4) is 0 Å². The van der Waals surface area contributed by atoms with Crippen molar-refractivity contribution in [1.82, 2.24) is 15.0 Å². The number of aryl methyl sites for hydroxylation is 1. The number of anilines is 2. The number of alkyl halides is 1. The molecule has 5 nitrogen and oxygen atoms in total. The molecule has 3 aromatic rings. The summed E-state index contributed by atoms with van der Waals surface area (Å²) >= 11 is 0. The zero-order valence-electron chi connectivity index (χ0n) is 13.8. The first-order chi connectivity index (χ1) is 12.2. The second kappa shape index (κ2) is 8.10. The van der Waals surface area contributed by atoms with E-state index in [0.29, 0.717) is 6.54 Å². The lowest BCUT2D eigenvalue weighted by Crippen LogP contribution is -2.00. The van der Waals surface area contributed by atoms with Gasteiger partial charge in [0.2, 0.25) is 0 Å². The largest absolute Gasteiger partial charge is 0.399 e. The molecule has 1 heterocycles. The van der Waals surface area contributed by atoms with Gasteiger partial charge in [-0.05, 0) is 35.4 Å². The SMILES string of the molecule is Nc1ccc(/C=C/c2ccc(NCc3cn(CCF)nn3)cc2)cc1. The van der Waals surface area contributed by atoms with Crippen LogP contribution in [-0.2, 0) is 13.1 Å². The normalized spacial score (nSPS) is 11.1. The summed E-state index contributed by atoms with van der Waals surface area (Å²) in [5, 5.41) is 11.1. The van der Waals surface area contributed by atoms with E-state index < -0.39 is 6.67 Å². The van der Waals surface area contributed by atoms with E-state index in [1.807, 2.05) is 54.6 Å². The van der Waals surface area contributed by atoms with Gasteiger partial charge in [0.1, 0.15) is 12.4 Å². The van der Waals surface area contributed by atoms with Crippen LogP contribution in [0.15, 0.2) is 54.7 Å². The van der Waals surface area contributed by atoms with Crippen LogP contribution in [0.25, 0.3) is 12.2 Å². The summed E-state index contributed by atoms with van der Waals surface area (Å²) in [4.78, 5) is 0. The molecule has 0 aliphatic heterocycles. The molecule has 3 rings (SSSR count). The maximum Gasteiger partial charge on any atom is 0.109 e. The summed E-state index contributed by atoms with van der Waals surface area (Å²) < 4.78 is 13.8. The highest BCUT2D eigenvalue weighted by molar-refractivity contribution is 5.71. The second-order valence-electron chi connectivity index (χ2n) is 5.64. The number of halogens is 1. The molecule has 0 fully saturated rings. The Bertz CT molecular complexity index is 822. The third-order valence-corrected chi connectivity index (χ3v) is 3.69. The van der Waals surface area contributed by atoms with Crippen LogP contribution in [-0.4, -0.2) is 21.7 Å². The Labute approximate surface area is 146 Å². The molecule has 0 aliphatic carbocycles. The van der Waals surface area contributed by atoms with Crippen molar-refractivity contribution < 1.29 is 4.39 Å². The van der Waals surface area contributed by atoms with Crippen molar-refractivity contribution in [3.8, 4) is 0 Å². The average molecular weight is 337 g/mol. The summed E-state index contributed by atoms with van der Waals surface area (Å²) in [6.45, 7) is 0.344. The number of nitrogens with zero attached hydrogens (tertiary/aromatic N) is 3. The molecule has 0 atom stereocenters. The van der Waals surface area contributed by atoms with Gasteiger partial charge in [-0.15, -0.1) is 5.10 Å². The first kappa shape index (κ1) is 16.7. The molecule has 6 heteroatoms. The minimum Gasteiger partial charge on any atom is -0.399 e. The lowest BCUT2D eigenvalue weighted by molar-refractivity contribution is 0.422. The fraction of sp³-hybridized carbons (Fsp3) is 0.158. The van der Waals surface area contributed by atoms with Crippen molar-refractivity contribution in [1.29, 1.82) is 0 Å². The summed E-state index contributed by atoms with van der Waals surface area (Å²) in [5.74, 6) is 0. The first-order valence-corrected chi connectivity index (χ1v) is 8.05. The van der Waals surface area contributed by atoms with Crippen LogP contribution in [0.2, 0.25) is 0 Å². The molecule has 0 unspecified atom stereocenters. The third kappa shape index (κ3) is 4.91. The molecule has 0 saturated carbocycles. The van der Waals surface area contributed by atoms with Crippen LogP contribution < -0.4 is 11.1 Å². The van der Waals surface area contributed by atoms with E-state index in [4.69, 9.17) is 5.73 Å². The van der Waals surface area contributed by atoms with Crippen LogP contribution in [0, 0.1) is 0 Å². The van der Waals surface area contributed by atoms with Crippen molar-refractivity contribution in [3.63, 3.8) is 0 Å². The Morgan fingerprint density at radius 3 is 2.28 bits per heavy atom. The highest BCUT2D eigenvalue weighted by Gasteiger charge is 2.00. The van der Waals surface area contributed by atoms with Crippen molar-refractivity contribution in [2.75, 3.05) is 17.7 Å². The van der Waals surface area contributed by atoms with Crippen LogP contribution in [0.4, 0.5) is 15.8 Å². The van der Waals surface area contributed by atoms with Crippen LogP contribution >= 0.6 is 0 Å². The average Bonchev–Trinajstić information content (AvgIpc) is 3.08. The number of aromatic nitrogens is 3. The van der Waals surface area contributed by atoms with E-state index in [0.717, 1.165) is 28.2 Å². The summed E-state index contributed by atoms with van der Waals surface area (Å²) in [5.41, 5.74) is 10.4. The fourth-order valence-corrected chi connectivity index (χ4v) is 2.32. The van der Waals surface area contributed by atoms with Crippen molar-refractivity contribution >= 4 is 23.5 Å². The molecule has 0 saturated heterocycles. The van der Waals surface area contributed by atoms with Gasteiger partial charge in [-0.25, -0.2) is 9.07 Å². The number of nitrogen functional groups attached to an aromatic ring is 1. The number of hydrogen-bond donors (Lipinski definition) is 2. The minimum atomic E-state index is -0.443. The molecule has 25 heavy (non-hydrogen) atoms. The quantitative estimate of drug-likeness (QED) is 0.510. The van der Waals surface area contributed by atoms with Gasteiger partial charge in [-0.2, -0.15) is 0 Å². The van der Waals surface area contributed by atoms with Crippen molar-refractivity contribution in [3.05, 3.63) is 71.5 Å². The maximum absolute atomic E-state index is 12.3. The third-order valence-electron chi connectivity index (χ3n) is 3.69. The molecule has 0 aliphatic rings. The van der Waals surface area contributed by atoms with Gasteiger partial charge in [-0.3, -0.25) is 0 Å². The van der Waals surface area contributed by atoms with Gasteiger partial charge in [0.25, 0.3) is 0 Å². The molecule has 3 N–H and O–H groups in total. The maximum atomic E-state index is 12.3. The van der Waals surface area contributed by atoms with Crippen LogP contribution in [0.5, 0.6) is 0 Å². The van der Waals surface area contributed by atoms with Crippen molar-refractivity contribution in [2.24, 2.45) is 0 Å². The van der Waals surface area contributed by atoms with Gasteiger partial charge >= 0.3 is 0 Å². The Kier molecular flexibility index (Phi) is 5.41. The molecule has 0 bridgehead atoms. The van der Waals surface area contributed by atoms with E-state index in [1.54, 1.807) is 6.20 Å². The Morgan fingerprint density at radius 1 is 1.00 bits per heavy atom. The van der Waals surface area contributed by atoms with E-state index in [1.165, 1.54) is 4.68 Å². The standard InChI is InChI=1S/C19H20FN5/c20-11-12-25-14-19(23-24-25)13-22-18-9-5-16(6-10-18)2-1-15-3-7-17(21)8-4-15/h1-10,14,22H,11-13,21H2/b2-1+. The molecule has 2 aromatic carbocycles. The van der Waals surface area contributed by atoms with Crippen molar-refractivity contribution in [2.45, 2.75) is 13.1 Å². The number of hydrogen-bond acceptors (Lipinski definition) is 4. The second-order valence-corrected chi connectivity index (χ2v) is 5.64. The molecule has 1 aromatic heterocycles. The Hall–Kier alpha value is -3.15. The number of rotatable bonds is 7. The number of nitrogens with one attached hydrogen (secondary N) is 1.